The molecule has 120 valence electrons. The molecule has 1 N–H and O–H groups in total. The van der Waals surface area contributed by atoms with E-state index in [1.54, 1.807) is 6.07 Å². The molecular formula is C16H19N5O2. The van der Waals surface area contributed by atoms with Crippen molar-refractivity contribution in [2.24, 2.45) is 0 Å². The fourth-order valence-corrected chi connectivity index (χ4v) is 2.76. The Kier molecular flexibility index (Phi) is 4.77. The van der Waals surface area contributed by atoms with E-state index >= 15 is 0 Å². The van der Waals surface area contributed by atoms with Crippen LogP contribution >= 0.6 is 0 Å². The van der Waals surface area contributed by atoms with Gasteiger partial charge in [0.05, 0.1) is 4.92 Å². The number of nitrogens with one attached hydrogen (secondary N) is 1. The van der Waals surface area contributed by atoms with Crippen molar-refractivity contribution in [2.75, 3.05) is 25.0 Å². The van der Waals surface area contributed by atoms with E-state index in [0.29, 0.717) is 11.9 Å². The van der Waals surface area contributed by atoms with E-state index in [1.807, 2.05) is 24.4 Å². The van der Waals surface area contributed by atoms with Crippen molar-refractivity contribution >= 4 is 11.5 Å². The molecule has 0 aromatic carbocycles. The molecule has 23 heavy (non-hydrogen) atoms. The lowest BCUT2D eigenvalue weighted by Crippen LogP contribution is -2.28. The highest BCUT2D eigenvalue weighted by Gasteiger charge is 2.22. The molecule has 1 saturated heterocycles. The number of aromatic nitrogens is 2. The predicted molar refractivity (Wildman–Crippen MR) is 87.3 cm³/mol. The van der Waals surface area contributed by atoms with E-state index < -0.39 is 4.92 Å². The van der Waals surface area contributed by atoms with Gasteiger partial charge in [-0.05, 0) is 24.6 Å². The summed E-state index contributed by atoms with van der Waals surface area (Å²) in [7, 11) is 0. The molecule has 0 aliphatic carbocycles. The van der Waals surface area contributed by atoms with Crippen molar-refractivity contribution in [3.63, 3.8) is 0 Å². The van der Waals surface area contributed by atoms with Crippen molar-refractivity contribution in [3.8, 4) is 0 Å². The summed E-state index contributed by atoms with van der Waals surface area (Å²) in [5, 5.41) is 14.0. The Balaban J connectivity index is 1.47. The number of nitro groups is 1. The maximum Gasteiger partial charge on any atom is 0.287 e. The van der Waals surface area contributed by atoms with Gasteiger partial charge in [-0.2, -0.15) is 0 Å². The van der Waals surface area contributed by atoms with Gasteiger partial charge in [0, 0.05) is 50.1 Å². The van der Waals surface area contributed by atoms with Gasteiger partial charge in [-0.15, -0.1) is 0 Å². The Hall–Kier alpha value is -2.54. The predicted octanol–water partition coefficient (Wildman–Crippen LogP) is 2.11. The molecule has 0 amide bonds. The van der Waals surface area contributed by atoms with Crippen LogP contribution in [0.3, 0.4) is 0 Å². The molecule has 0 bridgehead atoms. The summed E-state index contributed by atoms with van der Waals surface area (Å²) >= 11 is 0. The Bertz CT molecular complexity index is 647. The first kappa shape index (κ1) is 15.4. The number of pyridine rings is 2. The maximum atomic E-state index is 10.6. The molecule has 3 heterocycles. The molecule has 7 nitrogen and oxygen atoms in total. The van der Waals surface area contributed by atoms with Gasteiger partial charge in [0.25, 0.3) is 5.69 Å². The van der Waals surface area contributed by atoms with Gasteiger partial charge in [0.15, 0.2) is 0 Å². The normalized spacial score (nSPS) is 18.0. The van der Waals surface area contributed by atoms with Crippen LogP contribution in [-0.4, -0.2) is 45.5 Å². The first-order valence-corrected chi connectivity index (χ1v) is 7.70. The molecule has 0 radical (unpaired) electrons. The van der Waals surface area contributed by atoms with Crippen LogP contribution in [0.15, 0.2) is 42.7 Å². The van der Waals surface area contributed by atoms with E-state index in [-0.39, 0.29) is 5.69 Å². The third kappa shape index (κ3) is 4.23. The molecule has 1 aliphatic heterocycles. The largest absolute Gasteiger partial charge is 0.366 e. The van der Waals surface area contributed by atoms with Crippen molar-refractivity contribution in [3.05, 3.63) is 58.5 Å². The lowest BCUT2D eigenvalue weighted by Gasteiger charge is -2.16. The van der Waals surface area contributed by atoms with Gasteiger partial charge >= 0.3 is 0 Å². The average molecular weight is 313 g/mol. The summed E-state index contributed by atoms with van der Waals surface area (Å²) in [6.45, 7) is 2.98. The molecule has 1 fully saturated rings. The van der Waals surface area contributed by atoms with E-state index in [2.05, 4.69) is 20.2 Å². The van der Waals surface area contributed by atoms with Crippen molar-refractivity contribution < 1.29 is 4.92 Å². The zero-order valence-corrected chi connectivity index (χ0v) is 12.8. The van der Waals surface area contributed by atoms with Crippen LogP contribution in [0, 0.1) is 10.1 Å². The lowest BCUT2D eigenvalue weighted by atomic mass is 10.2. The molecule has 2 aromatic heterocycles. The van der Waals surface area contributed by atoms with E-state index in [1.165, 1.54) is 12.3 Å². The van der Waals surface area contributed by atoms with Crippen LogP contribution in [-0.2, 0) is 6.42 Å². The van der Waals surface area contributed by atoms with Gasteiger partial charge in [0.1, 0.15) is 12.0 Å². The maximum absolute atomic E-state index is 10.6. The second-order valence-corrected chi connectivity index (χ2v) is 5.66. The number of hydrogen-bond donors (Lipinski definition) is 1. The van der Waals surface area contributed by atoms with Crippen LogP contribution in [0.25, 0.3) is 0 Å². The van der Waals surface area contributed by atoms with Crippen molar-refractivity contribution in [2.45, 2.75) is 18.9 Å². The number of nitrogens with zero attached hydrogens (tertiary/aromatic N) is 4. The summed E-state index contributed by atoms with van der Waals surface area (Å²) in [5.41, 5.74) is 1.12. The van der Waals surface area contributed by atoms with Gasteiger partial charge in [0.2, 0.25) is 0 Å². The monoisotopic (exact) mass is 313 g/mol. The average Bonchev–Trinajstić information content (AvgIpc) is 3.02. The summed E-state index contributed by atoms with van der Waals surface area (Å²) in [6.07, 6.45) is 5.10. The second-order valence-electron chi connectivity index (χ2n) is 5.66. The van der Waals surface area contributed by atoms with E-state index in [9.17, 15) is 10.1 Å². The van der Waals surface area contributed by atoms with Crippen LogP contribution in [0.5, 0.6) is 0 Å². The summed E-state index contributed by atoms with van der Waals surface area (Å²) in [6, 6.07) is 9.45. The van der Waals surface area contributed by atoms with Crippen LogP contribution in [0.2, 0.25) is 0 Å². The topological polar surface area (TPSA) is 84.2 Å². The molecule has 2 aromatic rings. The van der Waals surface area contributed by atoms with E-state index in [0.717, 1.165) is 38.2 Å². The highest BCUT2D eigenvalue weighted by Crippen LogP contribution is 2.17. The summed E-state index contributed by atoms with van der Waals surface area (Å²) in [4.78, 5) is 21.0. The molecule has 0 saturated carbocycles. The van der Waals surface area contributed by atoms with Crippen molar-refractivity contribution in [1.82, 2.24) is 14.9 Å². The fourth-order valence-electron chi connectivity index (χ4n) is 2.76. The minimum Gasteiger partial charge on any atom is -0.366 e. The SMILES string of the molecule is O=[N+]([O-])c1ccc(N[C@H]2CCN(CCc3ccccn3)C2)nc1. The zero-order valence-electron chi connectivity index (χ0n) is 12.8. The third-order valence-corrected chi connectivity index (χ3v) is 3.99. The van der Waals surface area contributed by atoms with Gasteiger partial charge in [-0.25, -0.2) is 4.98 Å². The Morgan fingerprint density at radius 1 is 1.30 bits per heavy atom. The van der Waals surface area contributed by atoms with Gasteiger partial charge in [-0.1, -0.05) is 6.07 Å². The minimum absolute atomic E-state index is 0.0129. The molecule has 1 atom stereocenters. The Morgan fingerprint density at radius 3 is 2.91 bits per heavy atom. The standard InChI is InChI=1S/C16H19N5O2/c22-21(23)15-4-5-16(18-11-15)19-14-7-10-20(12-14)9-6-13-3-1-2-8-17-13/h1-5,8,11,14H,6-7,9-10,12H2,(H,18,19)/t14-/m0/s1. The van der Waals surface area contributed by atoms with Crippen LogP contribution in [0.1, 0.15) is 12.1 Å². The zero-order chi connectivity index (χ0) is 16.1. The first-order valence-electron chi connectivity index (χ1n) is 7.70. The number of anilines is 1. The van der Waals surface area contributed by atoms with Crippen molar-refractivity contribution in [1.29, 1.82) is 0 Å². The van der Waals surface area contributed by atoms with Gasteiger partial charge < -0.3 is 10.2 Å². The molecule has 0 unspecified atom stereocenters. The fraction of sp³-hybridized carbons (Fsp3) is 0.375. The summed E-state index contributed by atoms with van der Waals surface area (Å²) < 4.78 is 0. The first-order chi connectivity index (χ1) is 11.2. The highest BCUT2D eigenvalue weighted by molar-refractivity contribution is 5.41. The van der Waals surface area contributed by atoms with Crippen LogP contribution in [0.4, 0.5) is 11.5 Å². The highest BCUT2D eigenvalue weighted by atomic mass is 16.6. The van der Waals surface area contributed by atoms with Crippen LogP contribution < -0.4 is 5.32 Å². The van der Waals surface area contributed by atoms with E-state index in [4.69, 9.17) is 0 Å². The molecular weight excluding hydrogens is 294 g/mol. The summed E-state index contributed by atoms with van der Waals surface area (Å²) in [5.74, 6) is 0.687. The molecule has 1 aliphatic rings. The quantitative estimate of drug-likeness (QED) is 0.649. The number of likely N-dealkylation sites (tertiary alicyclic amines) is 1. The minimum atomic E-state index is -0.439. The Labute approximate surface area is 134 Å². The van der Waals surface area contributed by atoms with Gasteiger partial charge in [-0.3, -0.25) is 15.1 Å². The number of hydrogen-bond acceptors (Lipinski definition) is 6. The molecule has 3 rings (SSSR count). The number of rotatable bonds is 6. The lowest BCUT2D eigenvalue weighted by molar-refractivity contribution is -0.385. The Morgan fingerprint density at radius 2 is 2.22 bits per heavy atom. The second kappa shape index (κ2) is 7.15. The third-order valence-electron chi connectivity index (χ3n) is 3.99. The molecule has 7 heteroatoms. The smallest absolute Gasteiger partial charge is 0.287 e. The molecule has 0 spiro atoms.